The van der Waals surface area contributed by atoms with Crippen molar-refractivity contribution in [1.82, 2.24) is 9.97 Å². The van der Waals surface area contributed by atoms with E-state index in [1.165, 1.54) is 0 Å². The van der Waals surface area contributed by atoms with Crippen molar-refractivity contribution in [1.29, 1.82) is 0 Å². The quantitative estimate of drug-likeness (QED) is 0.849. The van der Waals surface area contributed by atoms with E-state index in [1.807, 2.05) is 31.2 Å². The van der Waals surface area contributed by atoms with Crippen LogP contribution >= 0.6 is 0 Å². The van der Waals surface area contributed by atoms with Crippen LogP contribution in [0.5, 0.6) is 0 Å². The molecular weight excluding hydrogens is 236 g/mol. The van der Waals surface area contributed by atoms with Gasteiger partial charge in [-0.2, -0.15) is 0 Å². The van der Waals surface area contributed by atoms with Gasteiger partial charge < -0.3 is 10.6 Å². The Morgan fingerprint density at radius 3 is 2.58 bits per heavy atom. The Balaban J connectivity index is 1.98. The molecule has 1 aliphatic heterocycles. The highest BCUT2D eigenvalue weighted by Gasteiger charge is 2.25. The maximum atomic E-state index is 6.08. The minimum absolute atomic E-state index is 0.310. The second-order valence-corrected chi connectivity index (χ2v) is 5.50. The topological polar surface area (TPSA) is 55.0 Å². The average molecular weight is 256 g/mol. The second-order valence-electron chi connectivity index (χ2n) is 5.50. The van der Waals surface area contributed by atoms with Crippen molar-refractivity contribution < 1.29 is 0 Å². The summed E-state index contributed by atoms with van der Waals surface area (Å²) in [5.41, 5.74) is 9.01. The summed E-state index contributed by atoms with van der Waals surface area (Å²) in [5.74, 6) is 1.51. The van der Waals surface area contributed by atoms with Crippen molar-refractivity contribution in [2.45, 2.75) is 26.3 Å². The molecule has 2 unspecified atom stereocenters. The van der Waals surface area contributed by atoms with Gasteiger partial charge in [-0.1, -0.05) is 19.1 Å². The Bertz CT molecular complexity index is 596. The van der Waals surface area contributed by atoms with Crippen LogP contribution in [0.15, 0.2) is 24.3 Å². The van der Waals surface area contributed by atoms with Crippen LogP contribution in [-0.2, 0) is 0 Å². The first-order valence-corrected chi connectivity index (χ1v) is 6.89. The fourth-order valence-corrected chi connectivity index (χ4v) is 2.73. The first kappa shape index (κ1) is 12.4. The zero-order valence-electron chi connectivity index (χ0n) is 11.5. The molecule has 2 aromatic rings. The van der Waals surface area contributed by atoms with E-state index in [4.69, 9.17) is 10.7 Å². The zero-order chi connectivity index (χ0) is 13.4. The molecule has 19 heavy (non-hydrogen) atoms. The molecule has 1 aromatic heterocycles. The van der Waals surface area contributed by atoms with Gasteiger partial charge in [-0.15, -0.1) is 0 Å². The van der Waals surface area contributed by atoms with Crippen molar-refractivity contribution in [3.05, 3.63) is 30.0 Å². The van der Waals surface area contributed by atoms with E-state index < -0.39 is 0 Å². The van der Waals surface area contributed by atoms with Gasteiger partial charge in [0.2, 0.25) is 0 Å². The van der Waals surface area contributed by atoms with Crippen LogP contribution in [0.1, 0.15) is 19.0 Å². The van der Waals surface area contributed by atoms with Crippen LogP contribution in [0.2, 0.25) is 0 Å². The summed E-state index contributed by atoms with van der Waals surface area (Å²) in [5, 5.41) is 0. The zero-order valence-corrected chi connectivity index (χ0v) is 11.5. The maximum absolute atomic E-state index is 6.08. The standard InChI is InChI=1S/C15H20N4/c1-10-9-19(8-7-12(10)16)15-11(2)17-13-5-3-4-6-14(13)18-15/h3-6,10,12H,7-9,16H2,1-2H3. The summed E-state index contributed by atoms with van der Waals surface area (Å²) >= 11 is 0. The molecule has 100 valence electrons. The molecule has 0 spiro atoms. The summed E-state index contributed by atoms with van der Waals surface area (Å²) in [7, 11) is 0. The number of anilines is 1. The summed E-state index contributed by atoms with van der Waals surface area (Å²) in [4.78, 5) is 11.8. The SMILES string of the molecule is Cc1nc2ccccc2nc1N1CCC(N)C(C)C1. The normalized spacial score (nSPS) is 23.8. The number of para-hydroxylation sites is 2. The lowest BCUT2D eigenvalue weighted by Gasteiger charge is -2.36. The van der Waals surface area contributed by atoms with E-state index in [1.54, 1.807) is 0 Å². The highest BCUT2D eigenvalue weighted by molar-refractivity contribution is 5.76. The Morgan fingerprint density at radius 1 is 1.21 bits per heavy atom. The first-order valence-electron chi connectivity index (χ1n) is 6.89. The van der Waals surface area contributed by atoms with Crippen LogP contribution in [0.25, 0.3) is 11.0 Å². The number of rotatable bonds is 1. The molecule has 4 nitrogen and oxygen atoms in total. The average Bonchev–Trinajstić information content (AvgIpc) is 2.41. The number of benzene rings is 1. The van der Waals surface area contributed by atoms with Crippen molar-refractivity contribution in [3.63, 3.8) is 0 Å². The van der Waals surface area contributed by atoms with E-state index in [0.29, 0.717) is 12.0 Å². The molecule has 0 radical (unpaired) electrons. The number of piperidine rings is 1. The molecule has 3 rings (SSSR count). The summed E-state index contributed by atoms with van der Waals surface area (Å²) in [6, 6.07) is 8.34. The molecule has 0 aliphatic carbocycles. The molecule has 1 fully saturated rings. The van der Waals surface area contributed by atoms with Crippen molar-refractivity contribution in [2.75, 3.05) is 18.0 Å². The number of nitrogens with two attached hydrogens (primary N) is 1. The molecule has 1 aromatic carbocycles. The summed E-state index contributed by atoms with van der Waals surface area (Å²) in [6.45, 7) is 6.18. The molecule has 0 saturated carbocycles. The van der Waals surface area contributed by atoms with Crippen LogP contribution in [0.4, 0.5) is 5.82 Å². The van der Waals surface area contributed by atoms with Crippen LogP contribution in [-0.4, -0.2) is 29.1 Å². The van der Waals surface area contributed by atoms with E-state index in [-0.39, 0.29) is 0 Å². The van der Waals surface area contributed by atoms with Gasteiger partial charge in [0, 0.05) is 19.1 Å². The number of aryl methyl sites for hydroxylation is 1. The molecule has 2 heterocycles. The molecule has 0 bridgehead atoms. The van der Waals surface area contributed by atoms with Gasteiger partial charge in [-0.3, -0.25) is 0 Å². The van der Waals surface area contributed by atoms with Gasteiger partial charge in [-0.05, 0) is 31.4 Å². The van der Waals surface area contributed by atoms with Gasteiger partial charge in [0.05, 0.1) is 16.7 Å². The number of hydrogen-bond donors (Lipinski definition) is 1. The smallest absolute Gasteiger partial charge is 0.150 e. The highest BCUT2D eigenvalue weighted by atomic mass is 15.2. The number of fused-ring (bicyclic) bond motifs is 1. The highest BCUT2D eigenvalue weighted by Crippen LogP contribution is 2.24. The molecular formula is C15H20N4. The lowest BCUT2D eigenvalue weighted by Crippen LogP contribution is -2.46. The lowest BCUT2D eigenvalue weighted by atomic mass is 9.95. The first-order chi connectivity index (χ1) is 9.15. The molecule has 2 atom stereocenters. The van der Waals surface area contributed by atoms with E-state index in [9.17, 15) is 0 Å². The van der Waals surface area contributed by atoms with Gasteiger partial charge in [0.1, 0.15) is 0 Å². The summed E-state index contributed by atoms with van der Waals surface area (Å²) < 4.78 is 0. The van der Waals surface area contributed by atoms with E-state index >= 15 is 0 Å². The Kier molecular flexibility index (Phi) is 3.11. The number of hydrogen-bond acceptors (Lipinski definition) is 4. The minimum Gasteiger partial charge on any atom is -0.355 e. The Hall–Kier alpha value is -1.68. The minimum atomic E-state index is 0.310. The molecule has 1 aliphatic rings. The Labute approximate surface area is 113 Å². The Morgan fingerprint density at radius 2 is 1.89 bits per heavy atom. The van der Waals surface area contributed by atoms with Crippen LogP contribution < -0.4 is 10.6 Å². The van der Waals surface area contributed by atoms with Crippen molar-refractivity contribution in [3.8, 4) is 0 Å². The maximum Gasteiger partial charge on any atom is 0.150 e. The molecule has 1 saturated heterocycles. The monoisotopic (exact) mass is 256 g/mol. The largest absolute Gasteiger partial charge is 0.355 e. The van der Waals surface area contributed by atoms with E-state index in [2.05, 4.69) is 16.8 Å². The summed E-state index contributed by atoms with van der Waals surface area (Å²) in [6.07, 6.45) is 1.02. The van der Waals surface area contributed by atoms with Gasteiger partial charge in [0.15, 0.2) is 5.82 Å². The predicted octanol–water partition coefficient (Wildman–Crippen LogP) is 2.11. The molecule has 0 amide bonds. The van der Waals surface area contributed by atoms with Crippen molar-refractivity contribution >= 4 is 16.9 Å². The third kappa shape index (κ3) is 2.28. The number of nitrogens with zero attached hydrogens (tertiary/aromatic N) is 3. The van der Waals surface area contributed by atoms with Crippen LogP contribution in [0, 0.1) is 12.8 Å². The third-order valence-corrected chi connectivity index (χ3v) is 3.99. The molecule has 2 N–H and O–H groups in total. The predicted molar refractivity (Wildman–Crippen MR) is 78.2 cm³/mol. The van der Waals surface area contributed by atoms with Gasteiger partial charge in [-0.25, -0.2) is 9.97 Å². The lowest BCUT2D eigenvalue weighted by molar-refractivity contribution is 0.381. The third-order valence-electron chi connectivity index (χ3n) is 3.99. The fourth-order valence-electron chi connectivity index (χ4n) is 2.73. The van der Waals surface area contributed by atoms with E-state index in [0.717, 1.165) is 42.1 Å². The molecule has 4 heteroatoms. The van der Waals surface area contributed by atoms with Gasteiger partial charge >= 0.3 is 0 Å². The fraction of sp³-hybridized carbons (Fsp3) is 0.467. The number of aromatic nitrogens is 2. The second kappa shape index (κ2) is 4.78. The van der Waals surface area contributed by atoms with Crippen LogP contribution in [0.3, 0.4) is 0 Å². The van der Waals surface area contributed by atoms with Crippen molar-refractivity contribution in [2.24, 2.45) is 11.7 Å². The van der Waals surface area contributed by atoms with Gasteiger partial charge in [0.25, 0.3) is 0 Å².